The van der Waals surface area contributed by atoms with E-state index in [9.17, 15) is 19.6 Å². The van der Waals surface area contributed by atoms with Gasteiger partial charge >= 0.3 is 5.69 Å². The lowest BCUT2D eigenvalue weighted by Gasteiger charge is -2.12. The molecule has 0 saturated heterocycles. The molecular formula is C13H10BrFN2O4. The van der Waals surface area contributed by atoms with Gasteiger partial charge in [0.2, 0.25) is 11.6 Å². The van der Waals surface area contributed by atoms with Crippen molar-refractivity contribution in [3.8, 4) is 11.6 Å². The molecule has 1 aromatic heterocycles. The lowest BCUT2D eigenvalue weighted by Crippen LogP contribution is -2.00. The Bertz CT molecular complexity index is 694. The number of rotatable bonds is 4. The monoisotopic (exact) mass is 356 g/mol. The quantitative estimate of drug-likeness (QED) is 0.666. The molecule has 0 unspecified atom stereocenters. The van der Waals surface area contributed by atoms with Crippen LogP contribution in [0.2, 0.25) is 0 Å². The molecule has 1 atom stereocenters. The van der Waals surface area contributed by atoms with Crippen LogP contribution in [-0.2, 0) is 0 Å². The largest absolute Gasteiger partial charge is 0.431 e. The van der Waals surface area contributed by atoms with Crippen molar-refractivity contribution in [3.63, 3.8) is 0 Å². The Morgan fingerprint density at radius 3 is 2.86 bits per heavy atom. The molecule has 0 spiro atoms. The van der Waals surface area contributed by atoms with Crippen molar-refractivity contribution in [2.24, 2.45) is 0 Å². The van der Waals surface area contributed by atoms with Crippen LogP contribution in [0.1, 0.15) is 18.6 Å². The molecule has 0 radical (unpaired) electrons. The molecule has 0 amide bonds. The zero-order valence-corrected chi connectivity index (χ0v) is 12.4. The van der Waals surface area contributed by atoms with Gasteiger partial charge in [-0.3, -0.25) is 10.1 Å². The SMILES string of the molecule is C[C@H](O)c1cccnc1Oc1cc(F)c(Br)cc1[N+](=O)[O-]. The van der Waals surface area contributed by atoms with E-state index >= 15 is 0 Å². The Balaban J connectivity index is 2.49. The summed E-state index contributed by atoms with van der Waals surface area (Å²) in [5.74, 6) is -1.01. The summed E-state index contributed by atoms with van der Waals surface area (Å²) in [5.41, 5.74) is -0.0689. The van der Waals surface area contributed by atoms with Crippen molar-refractivity contribution in [2.75, 3.05) is 0 Å². The fraction of sp³-hybridized carbons (Fsp3) is 0.154. The zero-order chi connectivity index (χ0) is 15.6. The van der Waals surface area contributed by atoms with Gasteiger partial charge in [-0.15, -0.1) is 0 Å². The fourth-order valence-electron chi connectivity index (χ4n) is 1.65. The molecule has 1 N–H and O–H groups in total. The van der Waals surface area contributed by atoms with Crippen molar-refractivity contribution in [2.45, 2.75) is 13.0 Å². The number of benzene rings is 1. The summed E-state index contributed by atoms with van der Waals surface area (Å²) in [4.78, 5) is 14.2. The van der Waals surface area contributed by atoms with Crippen molar-refractivity contribution in [3.05, 3.63) is 56.4 Å². The van der Waals surface area contributed by atoms with Gasteiger partial charge in [0.05, 0.1) is 15.5 Å². The van der Waals surface area contributed by atoms with E-state index in [1.165, 1.54) is 13.1 Å². The van der Waals surface area contributed by atoms with Gasteiger partial charge in [0, 0.05) is 23.9 Å². The molecular weight excluding hydrogens is 347 g/mol. The first-order valence-electron chi connectivity index (χ1n) is 5.84. The van der Waals surface area contributed by atoms with E-state index in [-0.39, 0.29) is 16.1 Å². The maximum Gasteiger partial charge on any atom is 0.312 e. The number of aliphatic hydroxyl groups excluding tert-OH is 1. The minimum absolute atomic E-state index is 0.0164. The molecule has 2 rings (SSSR count). The summed E-state index contributed by atoms with van der Waals surface area (Å²) in [6.07, 6.45) is 0.524. The van der Waals surface area contributed by atoms with Gasteiger partial charge in [0.1, 0.15) is 5.82 Å². The highest BCUT2D eigenvalue weighted by atomic mass is 79.9. The molecule has 8 heteroatoms. The molecule has 0 bridgehead atoms. The standard InChI is InChI=1S/C13H10BrFN2O4/c1-7(18)8-3-2-4-16-13(8)21-12-6-10(15)9(14)5-11(12)17(19)20/h2-7,18H,1H3/t7-/m0/s1. The van der Waals surface area contributed by atoms with Gasteiger partial charge in [0.15, 0.2) is 0 Å². The number of aromatic nitrogens is 1. The highest BCUT2D eigenvalue weighted by Gasteiger charge is 2.21. The van der Waals surface area contributed by atoms with E-state index in [1.54, 1.807) is 12.1 Å². The first-order valence-corrected chi connectivity index (χ1v) is 6.63. The number of hydrogen-bond donors (Lipinski definition) is 1. The van der Waals surface area contributed by atoms with Gasteiger partial charge in [-0.05, 0) is 35.0 Å². The average Bonchev–Trinajstić information content (AvgIpc) is 2.42. The number of nitro benzene ring substituents is 1. The van der Waals surface area contributed by atoms with Crippen molar-refractivity contribution in [1.82, 2.24) is 4.98 Å². The van der Waals surface area contributed by atoms with Crippen LogP contribution in [0.15, 0.2) is 34.9 Å². The van der Waals surface area contributed by atoms with Crippen molar-refractivity contribution in [1.29, 1.82) is 0 Å². The van der Waals surface area contributed by atoms with Crippen LogP contribution in [0.5, 0.6) is 11.6 Å². The van der Waals surface area contributed by atoms with E-state index in [4.69, 9.17) is 4.74 Å². The number of aliphatic hydroxyl groups is 1. The molecule has 1 heterocycles. The normalized spacial score (nSPS) is 12.0. The molecule has 0 aliphatic carbocycles. The van der Waals surface area contributed by atoms with Crippen LogP contribution in [0.4, 0.5) is 10.1 Å². The second-order valence-corrected chi connectivity index (χ2v) is 5.02. The van der Waals surface area contributed by atoms with E-state index in [1.807, 2.05) is 0 Å². The van der Waals surface area contributed by atoms with Gasteiger partial charge < -0.3 is 9.84 Å². The van der Waals surface area contributed by atoms with Crippen LogP contribution in [0.3, 0.4) is 0 Å². The van der Waals surface area contributed by atoms with Crippen LogP contribution in [0, 0.1) is 15.9 Å². The third-order valence-electron chi connectivity index (χ3n) is 2.66. The lowest BCUT2D eigenvalue weighted by atomic mass is 10.2. The Hall–Kier alpha value is -2.06. The number of halogens is 2. The highest BCUT2D eigenvalue weighted by Crippen LogP contribution is 2.36. The predicted molar refractivity (Wildman–Crippen MR) is 75.7 cm³/mol. The molecule has 1 aromatic carbocycles. The molecule has 0 saturated carbocycles. The summed E-state index contributed by atoms with van der Waals surface area (Å²) in [5, 5.41) is 20.6. The van der Waals surface area contributed by atoms with Crippen molar-refractivity contribution < 1.29 is 19.2 Å². The molecule has 2 aromatic rings. The zero-order valence-electron chi connectivity index (χ0n) is 10.8. The molecule has 0 aliphatic rings. The second kappa shape index (κ2) is 6.15. The van der Waals surface area contributed by atoms with Gasteiger partial charge in [-0.1, -0.05) is 0 Å². The summed E-state index contributed by atoms with van der Waals surface area (Å²) in [6.45, 7) is 1.50. The number of pyridine rings is 1. The number of hydrogen-bond acceptors (Lipinski definition) is 5. The number of nitro groups is 1. The van der Waals surface area contributed by atoms with Crippen molar-refractivity contribution >= 4 is 21.6 Å². The minimum atomic E-state index is -0.881. The first-order chi connectivity index (χ1) is 9.90. The summed E-state index contributed by atoms with van der Waals surface area (Å²) in [6, 6.07) is 5.05. The van der Waals surface area contributed by atoms with Gasteiger partial charge in [0.25, 0.3) is 0 Å². The summed E-state index contributed by atoms with van der Waals surface area (Å²) >= 11 is 2.88. The van der Waals surface area contributed by atoms with Gasteiger partial charge in [-0.25, -0.2) is 9.37 Å². The maximum absolute atomic E-state index is 13.6. The average molecular weight is 357 g/mol. The third-order valence-corrected chi connectivity index (χ3v) is 3.26. The van der Waals surface area contributed by atoms with Gasteiger partial charge in [-0.2, -0.15) is 0 Å². The lowest BCUT2D eigenvalue weighted by molar-refractivity contribution is -0.385. The minimum Gasteiger partial charge on any atom is -0.431 e. The van der Waals surface area contributed by atoms with E-state index in [0.29, 0.717) is 5.56 Å². The Morgan fingerprint density at radius 2 is 2.24 bits per heavy atom. The maximum atomic E-state index is 13.6. The predicted octanol–water partition coefficient (Wildman–Crippen LogP) is 3.74. The number of nitrogens with zero attached hydrogens (tertiary/aromatic N) is 2. The van der Waals surface area contributed by atoms with Crippen LogP contribution in [0.25, 0.3) is 0 Å². The first kappa shape index (κ1) is 15.3. The van der Waals surface area contributed by atoms with Crippen LogP contribution >= 0.6 is 15.9 Å². The topological polar surface area (TPSA) is 85.5 Å². The molecule has 6 nitrogen and oxygen atoms in total. The third kappa shape index (κ3) is 3.34. The second-order valence-electron chi connectivity index (χ2n) is 4.17. The molecule has 21 heavy (non-hydrogen) atoms. The summed E-state index contributed by atoms with van der Waals surface area (Å²) < 4.78 is 18.8. The van der Waals surface area contributed by atoms with E-state index < -0.39 is 22.5 Å². The van der Waals surface area contributed by atoms with Crippen LogP contribution in [-0.4, -0.2) is 15.0 Å². The Labute approximate surface area is 127 Å². The van der Waals surface area contributed by atoms with Crippen LogP contribution < -0.4 is 4.74 Å². The molecule has 110 valence electrons. The highest BCUT2D eigenvalue weighted by molar-refractivity contribution is 9.10. The fourth-order valence-corrected chi connectivity index (χ4v) is 1.98. The molecule has 0 fully saturated rings. The van der Waals surface area contributed by atoms with E-state index in [0.717, 1.165) is 12.1 Å². The Morgan fingerprint density at radius 1 is 1.52 bits per heavy atom. The number of ether oxygens (including phenoxy) is 1. The summed E-state index contributed by atoms with van der Waals surface area (Å²) in [7, 11) is 0. The Kier molecular flexibility index (Phi) is 4.49. The van der Waals surface area contributed by atoms with E-state index in [2.05, 4.69) is 20.9 Å². The molecule has 0 aliphatic heterocycles. The smallest absolute Gasteiger partial charge is 0.312 e.